The molecule has 1 aliphatic heterocycles. The molecule has 7 nitrogen and oxygen atoms in total. The molecule has 0 aromatic carbocycles. The van der Waals surface area contributed by atoms with Crippen LogP contribution in [0.2, 0.25) is 0 Å². The summed E-state index contributed by atoms with van der Waals surface area (Å²) < 4.78 is 7.05. The Morgan fingerprint density at radius 1 is 1.57 bits per heavy atom. The van der Waals surface area contributed by atoms with Crippen LogP contribution >= 0.6 is 0 Å². The van der Waals surface area contributed by atoms with Crippen LogP contribution in [0.25, 0.3) is 0 Å². The minimum atomic E-state index is -0.181. The number of carbonyl (C=O) groups excluding carboxylic acids is 2. The fourth-order valence-corrected chi connectivity index (χ4v) is 2.27. The maximum Gasteiger partial charge on any atom is 0.254 e. The Balaban J connectivity index is 1.83. The Labute approximate surface area is 124 Å². The number of ether oxygens (including phenoxy) is 1. The summed E-state index contributed by atoms with van der Waals surface area (Å²) in [5.41, 5.74) is 0.517. The van der Waals surface area contributed by atoms with Crippen LogP contribution in [-0.4, -0.2) is 58.8 Å². The van der Waals surface area contributed by atoms with Crippen molar-refractivity contribution >= 4 is 11.8 Å². The molecule has 1 aromatic rings. The van der Waals surface area contributed by atoms with Crippen LogP contribution in [0.1, 0.15) is 24.2 Å². The number of hydrogen-bond donors (Lipinski definition) is 1. The molecular weight excluding hydrogens is 272 g/mol. The molecule has 0 saturated carbocycles. The maximum absolute atomic E-state index is 11.9. The van der Waals surface area contributed by atoms with E-state index in [1.165, 1.54) is 6.20 Å². The van der Waals surface area contributed by atoms with Gasteiger partial charge in [0.25, 0.3) is 5.91 Å². The smallest absolute Gasteiger partial charge is 0.254 e. The zero-order valence-electron chi connectivity index (χ0n) is 12.7. The van der Waals surface area contributed by atoms with Gasteiger partial charge in [0.05, 0.1) is 17.9 Å². The first-order valence-corrected chi connectivity index (χ1v) is 7.12. The molecule has 7 heteroatoms. The van der Waals surface area contributed by atoms with Gasteiger partial charge in [-0.25, -0.2) is 0 Å². The number of nitrogens with zero attached hydrogens (tertiary/aromatic N) is 3. The highest BCUT2D eigenvalue weighted by molar-refractivity contribution is 5.93. The molecule has 2 heterocycles. The molecule has 0 aliphatic carbocycles. The average molecular weight is 294 g/mol. The van der Waals surface area contributed by atoms with Gasteiger partial charge in [0, 0.05) is 32.9 Å². The second kappa shape index (κ2) is 6.71. The lowest BCUT2D eigenvalue weighted by Gasteiger charge is -2.33. The lowest BCUT2D eigenvalue weighted by molar-refractivity contribution is -0.149. The molecule has 1 unspecified atom stereocenters. The first kappa shape index (κ1) is 15.5. The number of aromatic nitrogens is 2. The fraction of sp³-hybridized carbons (Fsp3) is 0.643. The molecule has 2 rings (SSSR count). The van der Waals surface area contributed by atoms with E-state index in [9.17, 15) is 9.59 Å². The van der Waals surface area contributed by atoms with Crippen molar-refractivity contribution in [2.24, 2.45) is 13.0 Å². The van der Waals surface area contributed by atoms with Crippen molar-refractivity contribution in [2.45, 2.75) is 20.0 Å². The van der Waals surface area contributed by atoms with Gasteiger partial charge >= 0.3 is 0 Å². The van der Waals surface area contributed by atoms with E-state index in [2.05, 4.69) is 24.3 Å². The Morgan fingerprint density at radius 2 is 2.33 bits per heavy atom. The summed E-state index contributed by atoms with van der Waals surface area (Å²) in [5.74, 6) is 0.246. The van der Waals surface area contributed by atoms with Gasteiger partial charge < -0.3 is 15.0 Å². The van der Waals surface area contributed by atoms with Crippen LogP contribution in [0, 0.1) is 5.92 Å². The summed E-state index contributed by atoms with van der Waals surface area (Å²) in [5, 5.41) is 6.77. The molecule has 1 fully saturated rings. The molecule has 1 aliphatic rings. The summed E-state index contributed by atoms with van der Waals surface area (Å²) in [4.78, 5) is 25.5. The van der Waals surface area contributed by atoms with Gasteiger partial charge in [-0.1, -0.05) is 13.8 Å². The van der Waals surface area contributed by atoms with Crippen molar-refractivity contribution in [1.29, 1.82) is 0 Å². The highest BCUT2D eigenvalue weighted by atomic mass is 16.5. The van der Waals surface area contributed by atoms with Gasteiger partial charge in [0.1, 0.15) is 6.61 Å². The van der Waals surface area contributed by atoms with Crippen molar-refractivity contribution in [1.82, 2.24) is 20.0 Å². The topological polar surface area (TPSA) is 76.5 Å². The molecule has 21 heavy (non-hydrogen) atoms. The van der Waals surface area contributed by atoms with E-state index in [0.717, 1.165) is 6.54 Å². The van der Waals surface area contributed by atoms with Crippen molar-refractivity contribution in [2.75, 3.05) is 26.2 Å². The summed E-state index contributed by atoms with van der Waals surface area (Å²) in [7, 11) is 1.76. The number of morpholine rings is 1. The third-order valence-electron chi connectivity index (χ3n) is 3.26. The number of amides is 2. The molecular formula is C14H22N4O3. The molecule has 0 bridgehead atoms. The minimum Gasteiger partial charge on any atom is -0.365 e. The molecule has 1 atom stereocenters. The van der Waals surface area contributed by atoms with Gasteiger partial charge in [-0.05, 0) is 5.92 Å². The van der Waals surface area contributed by atoms with E-state index in [4.69, 9.17) is 4.74 Å². The van der Waals surface area contributed by atoms with E-state index >= 15 is 0 Å². The molecule has 116 valence electrons. The summed E-state index contributed by atoms with van der Waals surface area (Å²) in [6, 6.07) is 0. The minimum absolute atomic E-state index is 0.0125. The van der Waals surface area contributed by atoms with E-state index in [0.29, 0.717) is 24.6 Å². The lowest BCUT2D eigenvalue weighted by Crippen LogP contribution is -2.51. The van der Waals surface area contributed by atoms with Gasteiger partial charge in [0.15, 0.2) is 0 Å². The third-order valence-corrected chi connectivity index (χ3v) is 3.26. The normalized spacial score (nSPS) is 19.1. The quantitative estimate of drug-likeness (QED) is 0.831. The predicted octanol–water partition coefficient (Wildman–Crippen LogP) is 0.0333. The van der Waals surface area contributed by atoms with Gasteiger partial charge in [-0.3, -0.25) is 14.3 Å². The molecule has 0 radical (unpaired) electrons. The first-order chi connectivity index (χ1) is 9.95. The molecule has 1 aromatic heterocycles. The third kappa shape index (κ3) is 4.29. The molecule has 1 saturated heterocycles. The Hall–Kier alpha value is -1.89. The van der Waals surface area contributed by atoms with Crippen LogP contribution in [0.5, 0.6) is 0 Å². The van der Waals surface area contributed by atoms with E-state index < -0.39 is 0 Å². The standard InChI is InChI=1S/C14H22N4O3/c1-10(2)6-18-8-12(21-9-13(18)19)5-15-14(20)11-4-16-17(3)7-11/h4,7,10,12H,5-6,8-9H2,1-3H3,(H,15,20). The highest BCUT2D eigenvalue weighted by Crippen LogP contribution is 2.09. The SMILES string of the molecule is CC(C)CN1CC(CNC(=O)c2cnn(C)c2)OCC1=O. The largest absolute Gasteiger partial charge is 0.365 e. The number of carbonyl (C=O) groups is 2. The first-order valence-electron chi connectivity index (χ1n) is 7.12. The van der Waals surface area contributed by atoms with Crippen molar-refractivity contribution in [3.8, 4) is 0 Å². The van der Waals surface area contributed by atoms with Gasteiger partial charge in [-0.2, -0.15) is 5.10 Å². The summed E-state index contributed by atoms with van der Waals surface area (Å²) in [6.45, 7) is 5.85. The number of nitrogens with one attached hydrogen (secondary N) is 1. The Morgan fingerprint density at radius 3 is 2.95 bits per heavy atom. The predicted molar refractivity (Wildman–Crippen MR) is 76.7 cm³/mol. The number of hydrogen-bond acceptors (Lipinski definition) is 4. The number of rotatable bonds is 5. The second-order valence-electron chi connectivity index (χ2n) is 5.74. The summed E-state index contributed by atoms with van der Waals surface area (Å²) in [6.07, 6.45) is 3.01. The molecule has 0 spiro atoms. The van der Waals surface area contributed by atoms with E-state index in [-0.39, 0.29) is 24.5 Å². The highest BCUT2D eigenvalue weighted by Gasteiger charge is 2.27. The van der Waals surface area contributed by atoms with Crippen LogP contribution in [-0.2, 0) is 16.6 Å². The molecule has 2 amide bonds. The van der Waals surface area contributed by atoms with Crippen LogP contribution in [0.4, 0.5) is 0 Å². The average Bonchev–Trinajstić information content (AvgIpc) is 2.85. The number of aryl methyl sites for hydroxylation is 1. The zero-order valence-corrected chi connectivity index (χ0v) is 12.7. The van der Waals surface area contributed by atoms with Crippen molar-refractivity contribution in [3.63, 3.8) is 0 Å². The summed E-state index contributed by atoms with van der Waals surface area (Å²) >= 11 is 0. The zero-order chi connectivity index (χ0) is 15.4. The monoisotopic (exact) mass is 294 g/mol. The maximum atomic E-state index is 11.9. The van der Waals surface area contributed by atoms with E-state index in [1.807, 2.05) is 0 Å². The Bertz CT molecular complexity index is 512. The van der Waals surface area contributed by atoms with Crippen LogP contribution in [0.15, 0.2) is 12.4 Å². The molecule has 1 N–H and O–H groups in total. The lowest BCUT2D eigenvalue weighted by atomic mass is 10.1. The van der Waals surface area contributed by atoms with Crippen LogP contribution < -0.4 is 5.32 Å². The second-order valence-corrected chi connectivity index (χ2v) is 5.74. The van der Waals surface area contributed by atoms with Crippen LogP contribution in [0.3, 0.4) is 0 Å². The van der Waals surface area contributed by atoms with Crippen molar-refractivity contribution < 1.29 is 14.3 Å². The Kier molecular flexibility index (Phi) is 4.95. The van der Waals surface area contributed by atoms with Gasteiger partial charge in [-0.15, -0.1) is 0 Å². The fourth-order valence-electron chi connectivity index (χ4n) is 2.27. The van der Waals surface area contributed by atoms with Gasteiger partial charge in [0.2, 0.25) is 5.91 Å². The van der Waals surface area contributed by atoms with Crippen molar-refractivity contribution in [3.05, 3.63) is 18.0 Å². The van der Waals surface area contributed by atoms with E-state index in [1.54, 1.807) is 22.8 Å².